The van der Waals surface area contributed by atoms with Crippen LogP contribution in [0.4, 0.5) is 5.69 Å². The van der Waals surface area contributed by atoms with E-state index < -0.39 is 5.97 Å². The number of nitrogens with two attached hydrogens (primary N) is 1. The highest BCUT2D eigenvalue weighted by Crippen LogP contribution is 2.05. The fourth-order valence-corrected chi connectivity index (χ4v) is 0.795. The first-order chi connectivity index (χ1) is 6.74. The maximum Gasteiger partial charge on any atom is 0.384 e. The van der Waals surface area contributed by atoms with Crippen molar-refractivity contribution < 1.29 is 9.53 Å². The van der Waals surface area contributed by atoms with Gasteiger partial charge in [-0.3, -0.25) is 4.98 Å². The normalized spacial score (nSPS) is 8.64. The number of rotatable bonds is 1. The zero-order valence-electron chi connectivity index (χ0n) is 7.78. The molecule has 1 aromatic rings. The van der Waals surface area contributed by atoms with Crippen LogP contribution >= 0.6 is 0 Å². The van der Waals surface area contributed by atoms with Gasteiger partial charge in [0.15, 0.2) is 0 Å². The number of aromatic nitrogens is 1. The highest BCUT2D eigenvalue weighted by Gasteiger charge is 1.95. The predicted molar refractivity (Wildman–Crippen MR) is 52.2 cm³/mol. The van der Waals surface area contributed by atoms with Crippen molar-refractivity contribution in [1.29, 1.82) is 0 Å². The zero-order valence-corrected chi connectivity index (χ0v) is 7.78. The van der Waals surface area contributed by atoms with E-state index in [1.165, 1.54) is 6.20 Å². The molecular weight excluding hydrogens is 180 g/mol. The SMILES string of the molecule is CCOC(=O)C#Cc1cnccc1N. The fraction of sp³-hybridized carbons (Fsp3) is 0.200. The Morgan fingerprint density at radius 1 is 1.71 bits per heavy atom. The Morgan fingerprint density at radius 2 is 2.50 bits per heavy atom. The lowest BCUT2D eigenvalue weighted by Gasteiger charge is -1.94. The van der Waals surface area contributed by atoms with Crippen LogP contribution in [0.25, 0.3) is 0 Å². The van der Waals surface area contributed by atoms with Crippen LogP contribution < -0.4 is 5.73 Å². The molecule has 0 saturated heterocycles. The molecule has 2 N–H and O–H groups in total. The molecule has 1 heterocycles. The van der Waals surface area contributed by atoms with Crippen molar-refractivity contribution in [3.05, 3.63) is 24.0 Å². The number of ether oxygens (including phenoxy) is 1. The number of pyridine rings is 1. The summed E-state index contributed by atoms with van der Waals surface area (Å²) in [4.78, 5) is 14.7. The molecule has 0 radical (unpaired) electrons. The Bertz CT molecular complexity index is 391. The van der Waals surface area contributed by atoms with Crippen LogP contribution in [0.2, 0.25) is 0 Å². The van der Waals surface area contributed by atoms with E-state index in [4.69, 9.17) is 5.73 Å². The second kappa shape index (κ2) is 4.87. The number of carbonyl (C=O) groups excluding carboxylic acids is 1. The van der Waals surface area contributed by atoms with E-state index >= 15 is 0 Å². The van der Waals surface area contributed by atoms with Crippen LogP contribution in [-0.2, 0) is 9.53 Å². The summed E-state index contributed by atoms with van der Waals surface area (Å²) >= 11 is 0. The van der Waals surface area contributed by atoms with E-state index in [9.17, 15) is 4.79 Å². The van der Waals surface area contributed by atoms with Crippen molar-refractivity contribution in [2.45, 2.75) is 6.92 Å². The highest BCUT2D eigenvalue weighted by molar-refractivity contribution is 5.89. The van der Waals surface area contributed by atoms with Crippen LogP contribution in [0.5, 0.6) is 0 Å². The Morgan fingerprint density at radius 3 is 3.14 bits per heavy atom. The molecule has 0 aliphatic carbocycles. The van der Waals surface area contributed by atoms with Gasteiger partial charge in [0, 0.05) is 18.3 Å². The zero-order chi connectivity index (χ0) is 10.4. The molecule has 0 bridgehead atoms. The molecule has 4 nitrogen and oxygen atoms in total. The number of nitrogen functional groups attached to an aromatic ring is 1. The van der Waals surface area contributed by atoms with Gasteiger partial charge < -0.3 is 10.5 Å². The Hall–Kier alpha value is -2.02. The average Bonchev–Trinajstić information content (AvgIpc) is 2.17. The first-order valence-corrected chi connectivity index (χ1v) is 4.12. The first kappa shape index (κ1) is 10.1. The molecule has 0 aliphatic rings. The highest BCUT2D eigenvalue weighted by atomic mass is 16.5. The summed E-state index contributed by atoms with van der Waals surface area (Å²) in [5.41, 5.74) is 6.61. The third-order valence-corrected chi connectivity index (χ3v) is 1.43. The lowest BCUT2D eigenvalue weighted by molar-refractivity contribution is -0.136. The van der Waals surface area contributed by atoms with Crippen molar-refractivity contribution in [3.8, 4) is 11.8 Å². The molecule has 0 amide bonds. The summed E-state index contributed by atoms with van der Waals surface area (Å²) in [5.74, 6) is 4.34. The van der Waals surface area contributed by atoms with Gasteiger partial charge in [-0.2, -0.15) is 0 Å². The van der Waals surface area contributed by atoms with E-state index in [1.807, 2.05) is 0 Å². The lowest BCUT2D eigenvalue weighted by atomic mass is 10.2. The summed E-state index contributed by atoms with van der Waals surface area (Å²) in [6.07, 6.45) is 3.06. The van der Waals surface area contributed by atoms with Crippen molar-refractivity contribution >= 4 is 11.7 Å². The third kappa shape index (κ3) is 2.79. The van der Waals surface area contributed by atoms with E-state index in [0.29, 0.717) is 17.9 Å². The molecule has 4 heteroatoms. The molecular formula is C10H10N2O2. The molecule has 1 aromatic heterocycles. The van der Waals surface area contributed by atoms with Crippen molar-refractivity contribution in [2.24, 2.45) is 0 Å². The van der Waals surface area contributed by atoms with Crippen molar-refractivity contribution in [3.63, 3.8) is 0 Å². The first-order valence-electron chi connectivity index (χ1n) is 4.12. The minimum absolute atomic E-state index is 0.316. The van der Waals surface area contributed by atoms with Crippen LogP contribution in [0.3, 0.4) is 0 Å². The summed E-state index contributed by atoms with van der Waals surface area (Å²) in [6, 6.07) is 1.62. The molecule has 72 valence electrons. The van der Waals surface area contributed by atoms with Gasteiger partial charge in [-0.25, -0.2) is 4.79 Å². The Labute approximate surface area is 82.1 Å². The van der Waals surface area contributed by atoms with Crippen LogP contribution in [-0.4, -0.2) is 17.6 Å². The van der Waals surface area contributed by atoms with Gasteiger partial charge in [0.2, 0.25) is 0 Å². The number of carbonyl (C=O) groups is 1. The average molecular weight is 190 g/mol. The standard InChI is InChI=1S/C10H10N2O2/c1-2-14-10(13)4-3-8-7-12-6-5-9(8)11/h5-7H,2H2,1H3,(H2,11,12). The van der Waals surface area contributed by atoms with Crippen LogP contribution in [0.1, 0.15) is 12.5 Å². The Kier molecular flexibility index (Phi) is 3.50. The second-order valence-electron chi connectivity index (χ2n) is 2.43. The Balaban J connectivity index is 2.77. The molecule has 0 spiro atoms. The summed E-state index contributed by atoms with van der Waals surface area (Å²) in [5, 5.41) is 0. The van der Waals surface area contributed by atoms with Gasteiger partial charge in [0.1, 0.15) is 0 Å². The maximum atomic E-state index is 10.9. The van der Waals surface area contributed by atoms with Crippen molar-refractivity contribution in [1.82, 2.24) is 4.98 Å². The van der Waals surface area contributed by atoms with Gasteiger partial charge >= 0.3 is 5.97 Å². The quantitative estimate of drug-likeness (QED) is 0.519. The number of nitrogens with zero attached hydrogens (tertiary/aromatic N) is 1. The molecule has 0 atom stereocenters. The molecule has 0 saturated carbocycles. The van der Waals surface area contributed by atoms with Gasteiger partial charge in [-0.05, 0) is 13.0 Å². The van der Waals surface area contributed by atoms with Gasteiger partial charge in [0.05, 0.1) is 17.9 Å². The van der Waals surface area contributed by atoms with Gasteiger partial charge in [-0.15, -0.1) is 0 Å². The van der Waals surface area contributed by atoms with Gasteiger partial charge in [-0.1, -0.05) is 5.92 Å². The molecule has 0 aromatic carbocycles. The number of anilines is 1. The summed E-state index contributed by atoms with van der Waals surface area (Å²) < 4.78 is 4.63. The third-order valence-electron chi connectivity index (χ3n) is 1.43. The van der Waals surface area contributed by atoms with Crippen molar-refractivity contribution in [2.75, 3.05) is 12.3 Å². The molecule has 14 heavy (non-hydrogen) atoms. The minimum atomic E-state index is -0.559. The van der Waals surface area contributed by atoms with E-state index in [0.717, 1.165) is 0 Å². The lowest BCUT2D eigenvalue weighted by Crippen LogP contribution is -2.00. The molecule has 0 fully saturated rings. The number of hydrogen-bond acceptors (Lipinski definition) is 4. The molecule has 0 aliphatic heterocycles. The minimum Gasteiger partial charge on any atom is -0.456 e. The fourth-order valence-electron chi connectivity index (χ4n) is 0.795. The topological polar surface area (TPSA) is 65.2 Å². The monoisotopic (exact) mass is 190 g/mol. The molecule has 1 rings (SSSR count). The number of esters is 1. The van der Waals surface area contributed by atoms with Crippen LogP contribution in [0.15, 0.2) is 18.5 Å². The summed E-state index contributed by atoms with van der Waals surface area (Å²) in [7, 11) is 0. The predicted octanol–water partition coefficient (Wildman–Crippen LogP) is 0.578. The largest absolute Gasteiger partial charge is 0.456 e. The van der Waals surface area contributed by atoms with Crippen LogP contribution in [0, 0.1) is 11.8 Å². The number of hydrogen-bond donors (Lipinski definition) is 1. The van der Waals surface area contributed by atoms with Gasteiger partial charge in [0.25, 0.3) is 0 Å². The maximum absolute atomic E-state index is 10.9. The second-order valence-corrected chi connectivity index (χ2v) is 2.43. The van der Waals surface area contributed by atoms with E-state index in [1.54, 1.807) is 19.2 Å². The summed E-state index contributed by atoms with van der Waals surface area (Å²) in [6.45, 7) is 2.04. The molecule has 0 unspecified atom stereocenters. The van der Waals surface area contributed by atoms with E-state index in [2.05, 4.69) is 21.6 Å². The smallest absolute Gasteiger partial charge is 0.384 e. The van der Waals surface area contributed by atoms with E-state index in [-0.39, 0.29) is 0 Å².